The van der Waals surface area contributed by atoms with Gasteiger partial charge in [0, 0.05) is 22.2 Å². The van der Waals surface area contributed by atoms with Gasteiger partial charge in [-0.05, 0) is 30.7 Å². The van der Waals surface area contributed by atoms with Crippen molar-refractivity contribution in [2.45, 2.75) is 19.9 Å². The highest BCUT2D eigenvalue weighted by Gasteiger charge is 2.14. The zero-order valence-corrected chi connectivity index (χ0v) is 16.1. The van der Waals surface area contributed by atoms with Gasteiger partial charge in [0.25, 0.3) is 0 Å². The summed E-state index contributed by atoms with van der Waals surface area (Å²) in [4.78, 5) is 12.3. The first-order valence-corrected chi connectivity index (χ1v) is 9.39. The molecule has 4 rings (SSSR count). The number of hydrogen-bond acceptors (Lipinski definition) is 4. The number of carbonyl (C=O) groups is 1. The van der Waals surface area contributed by atoms with Gasteiger partial charge in [-0.3, -0.25) is 4.79 Å². The maximum absolute atomic E-state index is 12.3. The van der Waals surface area contributed by atoms with Crippen LogP contribution in [-0.4, -0.2) is 29.9 Å². The number of aromatic nitrogens is 1. The van der Waals surface area contributed by atoms with Crippen LogP contribution in [0.3, 0.4) is 0 Å². The Morgan fingerprint density at radius 1 is 1.24 bits per heavy atom. The number of para-hydroxylation sites is 1. The van der Waals surface area contributed by atoms with E-state index in [9.17, 15) is 4.79 Å². The highest BCUT2D eigenvalue weighted by molar-refractivity contribution is 6.01. The third kappa shape index (κ3) is 3.81. The molecule has 146 valence electrons. The van der Waals surface area contributed by atoms with Crippen LogP contribution in [0, 0.1) is 19.3 Å². The van der Waals surface area contributed by atoms with Crippen molar-refractivity contribution < 1.29 is 14.3 Å². The summed E-state index contributed by atoms with van der Waals surface area (Å²) in [5.41, 5.74) is 6.44. The molecule has 0 atom stereocenters. The maximum atomic E-state index is 12.3. The van der Waals surface area contributed by atoms with E-state index in [0.717, 1.165) is 27.7 Å². The summed E-state index contributed by atoms with van der Waals surface area (Å²) >= 11 is 0. The van der Waals surface area contributed by atoms with E-state index >= 15 is 0 Å². The van der Waals surface area contributed by atoms with Crippen LogP contribution in [0.15, 0.2) is 47.6 Å². The van der Waals surface area contributed by atoms with Crippen LogP contribution >= 0.6 is 0 Å². The molecule has 1 N–H and O–H groups in total. The number of hydrogen-bond donors (Lipinski definition) is 1. The van der Waals surface area contributed by atoms with Gasteiger partial charge in [-0.25, -0.2) is 5.43 Å². The van der Waals surface area contributed by atoms with Crippen LogP contribution in [0.2, 0.25) is 0 Å². The summed E-state index contributed by atoms with van der Waals surface area (Å²) in [6.45, 7) is 3.53. The molecule has 0 fully saturated rings. The first kappa shape index (κ1) is 18.6. The number of nitrogens with zero attached hydrogens (tertiary/aromatic N) is 2. The average molecular weight is 387 g/mol. The topological polar surface area (TPSA) is 64.9 Å². The van der Waals surface area contributed by atoms with E-state index in [1.165, 1.54) is 0 Å². The van der Waals surface area contributed by atoms with Crippen molar-refractivity contribution in [3.63, 3.8) is 0 Å². The van der Waals surface area contributed by atoms with Crippen molar-refractivity contribution in [3.05, 3.63) is 59.3 Å². The van der Waals surface area contributed by atoms with E-state index in [1.54, 1.807) is 6.21 Å². The van der Waals surface area contributed by atoms with Gasteiger partial charge in [0.05, 0.1) is 19.2 Å². The molecule has 3 aromatic rings. The molecule has 0 bridgehead atoms. The summed E-state index contributed by atoms with van der Waals surface area (Å²) in [5, 5.41) is 5.21. The molecular formula is C23H21N3O3. The lowest BCUT2D eigenvalue weighted by Crippen LogP contribution is -2.20. The van der Waals surface area contributed by atoms with E-state index in [0.29, 0.717) is 31.3 Å². The molecule has 2 aromatic carbocycles. The van der Waals surface area contributed by atoms with E-state index in [2.05, 4.69) is 21.0 Å². The molecule has 6 nitrogen and oxygen atoms in total. The van der Waals surface area contributed by atoms with E-state index in [4.69, 9.17) is 15.9 Å². The number of nitrogens with one attached hydrogen (secondary N) is 1. The molecule has 0 unspecified atom stereocenters. The number of benzene rings is 2. The van der Waals surface area contributed by atoms with Crippen molar-refractivity contribution >= 4 is 23.0 Å². The minimum absolute atomic E-state index is 0.200. The standard InChI is InChI=1S/C23H21N3O3/c1-3-10-26-16(2)19(18-6-4-5-7-20(18)26)15-24-25-23(27)14-17-8-9-21-22(13-17)29-12-11-28-21/h1,4-9,13,15H,10-12,14H2,2H3,(H,25,27)/b24-15-. The first-order chi connectivity index (χ1) is 14.2. The van der Waals surface area contributed by atoms with Gasteiger partial charge in [-0.1, -0.05) is 30.2 Å². The van der Waals surface area contributed by atoms with Crippen LogP contribution in [0.5, 0.6) is 11.5 Å². The minimum Gasteiger partial charge on any atom is -0.486 e. The molecule has 0 aliphatic carbocycles. The molecule has 1 aromatic heterocycles. The smallest absolute Gasteiger partial charge is 0.244 e. The maximum Gasteiger partial charge on any atom is 0.244 e. The third-order valence-electron chi connectivity index (χ3n) is 4.88. The predicted molar refractivity (Wildman–Crippen MR) is 112 cm³/mol. The average Bonchev–Trinajstić information content (AvgIpc) is 3.00. The fraction of sp³-hybridized carbons (Fsp3) is 0.217. The largest absolute Gasteiger partial charge is 0.486 e. The van der Waals surface area contributed by atoms with Gasteiger partial charge in [0.2, 0.25) is 5.91 Å². The Kier molecular flexibility index (Phi) is 5.21. The van der Waals surface area contributed by atoms with Gasteiger partial charge in [0.1, 0.15) is 13.2 Å². The molecule has 1 aliphatic heterocycles. The molecule has 6 heteroatoms. The second-order valence-electron chi connectivity index (χ2n) is 6.75. The van der Waals surface area contributed by atoms with E-state index in [1.807, 2.05) is 49.4 Å². The second kappa shape index (κ2) is 8.11. The Morgan fingerprint density at radius 3 is 2.86 bits per heavy atom. The molecule has 29 heavy (non-hydrogen) atoms. The Hall–Kier alpha value is -3.72. The Balaban J connectivity index is 1.47. The molecule has 0 saturated carbocycles. The first-order valence-electron chi connectivity index (χ1n) is 9.39. The van der Waals surface area contributed by atoms with Gasteiger partial charge in [-0.2, -0.15) is 5.10 Å². The van der Waals surface area contributed by atoms with Crippen LogP contribution in [0.1, 0.15) is 16.8 Å². The molecule has 0 radical (unpaired) electrons. The number of hydrazone groups is 1. The van der Waals surface area contributed by atoms with Crippen LogP contribution in [0.4, 0.5) is 0 Å². The lowest BCUT2D eigenvalue weighted by atomic mass is 10.1. The number of ether oxygens (including phenoxy) is 2. The Bertz CT molecular complexity index is 1140. The van der Waals surface area contributed by atoms with Crippen molar-refractivity contribution in [2.24, 2.45) is 5.10 Å². The summed E-state index contributed by atoms with van der Waals surface area (Å²) in [5.74, 6) is 3.85. The Morgan fingerprint density at radius 2 is 2.03 bits per heavy atom. The number of carbonyl (C=O) groups excluding carboxylic acids is 1. The van der Waals surface area contributed by atoms with Crippen molar-refractivity contribution in [2.75, 3.05) is 13.2 Å². The summed E-state index contributed by atoms with van der Waals surface area (Å²) in [7, 11) is 0. The Labute approximate surface area is 169 Å². The summed E-state index contributed by atoms with van der Waals surface area (Å²) in [6, 6.07) is 13.5. The quantitative estimate of drug-likeness (QED) is 0.416. The molecular weight excluding hydrogens is 366 g/mol. The minimum atomic E-state index is -0.206. The summed E-state index contributed by atoms with van der Waals surface area (Å²) < 4.78 is 13.1. The van der Waals surface area contributed by atoms with Gasteiger partial charge >= 0.3 is 0 Å². The number of amides is 1. The fourth-order valence-corrected chi connectivity index (χ4v) is 3.51. The highest BCUT2D eigenvalue weighted by atomic mass is 16.6. The molecule has 0 spiro atoms. The zero-order valence-electron chi connectivity index (χ0n) is 16.1. The number of fused-ring (bicyclic) bond motifs is 2. The van der Waals surface area contributed by atoms with Crippen molar-refractivity contribution in [1.29, 1.82) is 0 Å². The van der Waals surface area contributed by atoms with E-state index < -0.39 is 0 Å². The number of rotatable bonds is 5. The normalized spacial score (nSPS) is 12.8. The van der Waals surface area contributed by atoms with Gasteiger partial charge < -0.3 is 14.0 Å². The molecule has 2 heterocycles. The van der Waals surface area contributed by atoms with Crippen LogP contribution < -0.4 is 14.9 Å². The van der Waals surface area contributed by atoms with Crippen molar-refractivity contribution in [3.8, 4) is 23.8 Å². The SMILES string of the molecule is C#CCn1c(C)c(/C=N\NC(=O)Cc2ccc3c(c2)OCCO3)c2ccccc21. The lowest BCUT2D eigenvalue weighted by Gasteiger charge is -2.18. The third-order valence-corrected chi connectivity index (χ3v) is 4.88. The zero-order chi connectivity index (χ0) is 20.2. The fourth-order valence-electron chi connectivity index (χ4n) is 3.51. The van der Waals surface area contributed by atoms with E-state index in [-0.39, 0.29) is 12.3 Å². The molecule has 0 saturated heterocycles. The van der Waals surface area contributed by atoms with Crippen LogP contribution in [-0.2, 0) is 17.8 Å². The number of terminal acetylenes is 1. The van der Waals surface area contributed by atoms with Gasteiger partial charge in [-0.15, -0.1) is 6.42 Å². The molecule has 1 aliphatic rings. The van der Waals surface area contributed by atoms with Crippen LogP contribution in [0.25, 0.3) is 10.9 Å². The monoisotopic (exact) mass is 387 g/mol. The molecule has 1 amide bonds. The summed E-state index contributed by atoms with van der Waals surface area (Å²) in [6.07, 6.45) is 7.38. The van der Waals surface area contributed by atoms with Gasteiger partial charge in [0.15, 0.2) is 11.5 Å². The lowest BCUT2D eigenvalue weighted by molar-refractivity contribution is -0.120. The van der Waals surface area contributed by atoms with Crippen molar-refractivity contribution in [1.82, 2.24) is 9.99 Å². The highest BCUT2D eigenvalue weighted by Crippen LogP contribution is 2.30. The second-order valence-corrected chi connectivity index (χ2v) is 6.75. The predicted octanol–water partition coefficient (Wildman–Crippen LogP) is 3.05.